The average Bonchev–Trinajstić information content (AvgIpc) is 3.37. The Labute approximate surface area is 175 Å². The molecule has 29 heavy (non-hydrogen) atoms. The number of carbonyl (C=O) groups excluding carboxylic acids is 2. The number of nitrogens with zero attached hydrogens (tertiary/aromatic N) is 2. The molecule has 1 saturated carbocycles. The van der Waals surface area contributed by atoms with Gasteiger partial charge < -0.3 is 15.0 Å². The highest BCUT2D eigenvalue weighted by Crippen LogP contribution is 2.27. The number of nitrogens with one attached hydrogen (secondary N) is 1. The van der Waals surface area contributed by atoms with E-state index >= 15 is 0 Å². The first kappa shape index (κ1) is 19.7. The molecule has 4 rings (SSSR count). The van der Waals surface area contributed by atoms with Gasteiger partial charge in [0.15, 0.2) is 0 Å². The van der Waals surface area contributed by atoms with Crippen LogP contribution in [-0.4, -0.2) is 29.4 Å². The number of halogens is 1. The first-order chi connectivity index (χ1) is 14.1. The van der Waals surface area contributed by atoms with Crippen LogP contribution in [-0.2, 0) is 16.1 Å². The molecule has 2 amide bonds. The number of carbonyl (C=O) groups is 2. The van der Waals surface area contributed by atoms with Crippen LogP contribution in [0.5, 0.6) is 5.88 Å². The molecule has 7 heteroatoms. The zero-order valence-electron chi connectivity index (χ0n) is 16.1. The first-order valence-electron chi connectivity index (χ1n) is 10.0. The van der Waals surface area contributed by atoms with Gasteiger partial charge in [0.1, 0.15) is 6.10 Å². The van der Waals surface area contributed by atoms with Crippen molar-refractivity contribution in [1.29, 1.82) is 0 Å². The molecule has 2 aromatic rings. The van der Waals surface area contributed by atoms with Crippen LogP contribution in [0.1, 0.15) is 37.7 Å². The average molecular weight is 414 g/mol. The highest BCUT2D eigenvalue weighted by Gasteiger charge is 2.35. The van der Waals surface area contributed by atoms with E-state index in [9.17, 15) is 9.59 Å². The molecular weight excluding hydrogens is 390 g/mol. The van der Waals surface area contributed by atoms with E-state index in [0.29, 0.717) is 24.0 Å². The van der Waals surface area contributed by atoms with E-state index in [-0.39, 0.29) is 30.3 Å². The summed E-state index contributed by atoms with van der Waals surface area (Å²) in [5.74, 6) is 0.0661. The van der Waals surface area contributed by atoms with Gasteiger partial charge in [-0.1, -0.05) is 11.6 Å². The van der Waals surface area contributed by atoms with Gasteiger partial charge in [-0.05, 0) is 61.6 Å². The van der Waals surface area contributed by atoms with Gasteiger partial charge in [-0.25, -0.2) is 4.98 Å². The maximum Gasteiger partial charge on any atom is 0.227 e. The van der Waals surface area contributed by atoms with Crippen LogP contribution in [0.4, 0.5) is 5.69 Å². The van der Waals surface area contributed by atoms with Crippen molar-refractivity contribution in [2.75, 3.05) is 11.4 Å². The number of aromatic nitrogens is 1. The number of benzene rings is 1. The monoisotopic (exact) mass is 413 g/mol. The molecule has 1 unspecified atom stereocenters. The van der Waals surface area contributed by atoms with Gasteiger partial charge in [0.25, 0.3) is 0 Å². The van der Waals surface area contributed by atoms with Gasteiger partial charge in [0.05, 0.1) is 5.92 Å². The Bertz CT molecular complexity index is 881. The van der Waals surface area contributed by atoms with Crippen molar-refractivity contribution in [3.63, 3.8) is 0 Å². The molecule has 1 N–H and O–H groups in total. The van der Waals surface area contributed by atoms with Crippen molar-refractivity contribution in [2.45, 2.75) is 44.8 Å². The van der Waals surface area contributed by atoms with E-state index in [4.69, 9.17) is 16.3 Å². The van der Waals surface area contributed by atoms with Gasteiger partial charge in [-0.3, -0.25) is 9.59 Å². The summed E-state index contributed by atoms with van der Waals surface area (Å²) >= 11 is 5.91. The fourth-order valence-corrected chi connectivity index (χ4v) is 4.02. The Balaban J connectivity index is 1.31. The number of amides is 2. The second-order valence-electron chi connectivity index (χ2n) is 7.63. The molecule has 0 bridgehead atoms. The van der Waals surface area contributed by atoms with Crippen molar-refractivity contribution in [3.05, 3.63) is 53.2 Å². The molecule has 1 aliphatic carbocycles. The maximum atomic E-state index is 12.6. The molecular formula is C22H24ClN3O3. The molecule has 1 aliphatic heterocycles. The molecule has 2 aliphatic rings. The standard InChI is InChI=1S/C22H24ClN3O3/c23-17-5-7-18(8-6-17)26-14-16(12-21(26)27)22(28)25-13-15-9-10-24-20(11-15)29-19-3-1-2-4-19/h5-11,16,19H,1-4,12-14H2,(H,25,28). The van der Waals surface area contributed by atoms with Gasteiger partial charge in [-0.15, -0.1) is 0 Å². The smallest absolute Gasteiger partial charge is 0.227 e. The van der Waals surface area contributed by atoms with Gasteiger partial charge in [0.2, 0.25) is 17.7 Å². The van der Waals surface area contributed by atoms with Crippen molar-refractivity contribution >= 4 is 29.1 Å². The van der Waals surface area contributed by atoms with Crippen LogP contribution in [0.2, 0.25) is 5.02 Å². The highest BCUT2D eigenvalue weighted by atomic mass is 35.5. The number of ether oxygens (including phenoxy) is 1. The van der Waals surface area contributed by atoms with Crippen LogP contribution in [0.15, 0.2) is 42.6 Å². The number of rotatable bonds is 6. The van der Waals surface area contributed by atoms with Crippen LogP contribution < -0.4 is 15.0 Å². The van der Waals surface area contributed by atoms with E-state index < -0.39 is 0 Å². The predicted octanol–water partition coefficient (Wildman–Crippen LogP) is 3.73. The summed E-state index contributed by atoms with van der Waals surface area (Å²) in [7, 11) is 0. The third kappa shape index (κ3) is 4.88. The Hall–Kier alpha value is -2.60. The molecule has 1 saturated heterocycles. The zero-order valence-corrected chi connectivity index (χ0v) is 16.9. The lowest BCUT2D eigenvalue weighted by Gasteiger charge is -2.17. The molecule has 0 spiro atoms. The number of hydrogen-bond donors (Lipinski definition) is 1. The highest BCUT2D eigenvalue weighted by molar-refractivity contribution is 6.30. The molecule has 152 valence electrons. The molecule has 1 aromatic heterocycles. The SMILES string of the molecule is O=C(NCc1ccnc(OC2CCCC2)c1)C1CC(=O)N(c2ccc(Cl)cc2)C1. The van der Waals surface area contributed by atoms with Crippen LogP contribution in [0.25, 0.3) is 0 Å². The maximum absolute atomic E-state index is 12.6. The largest absolute Gasteiger partial charge is 0.474 e. The summed E-state index contributed by atoms with van der Waals surface area (Å²) in [4.78, 5) is 30.9. The lowest BCUT2D eigenvalue weighted by Crippen LogP contribution is -2.32. The number of anilines is 1. The van der Waals surface area contributed by atoms with Crippen molar-refractivity contribution < 1.29 is 14.3 Å². The predicted molar refractivity (Wildman–Crippen MR) is 111 cm³/mol. The van der Waals surface area contributed by atoms with E-state index in [1.165, 1.54) is 12.8 Å². The minimum Gasteiger partial charge on any atom is -0.474 e. The number of pyridine rings is 1. The molecule has 1 atom stereocenters. The minimum absolute atomic E-state index is 0.0522. The molecule has 0 radical (unpaired) electrons. The Kier molecular flexibility index (Phi) is 6.00. The zero-order chi connectivity index (χ0) is 20.2. The lowest BCUT2D eigenvalue weighted by molar-refractivity contribution is -0.126. The minimum atomic E-state index is -0.366. The quantitative estimate of drug-likeness (QED) is 0.783. The fourth-order valence-electron chi connectivity index (χ4n) is 3.89. The van der Waals surface area contributed by atoms with E-state index in [2.05, 4.69) is 10.3 Å². The summed E-state index contributed by atoms with van der Waals surface area (Å²) < 4.78 is 5.92. The fraction of sp³-hybridized carbons (Fsp3) is 0.409. The Morgan fingerprint density at radius 3 is 2.72 bits per heavy atom. The van der Waals surface area contributed by atoms with Crippen molar-refractivity contribution in [2.24, 2.45) is 5.92 Å². The van der Waals surface area contributed by atoms with Crippen LogP contribution in [0.3, 0.4) is 0 Å². The summed E-state index contributed by atoms with van der Waals surface area (Å²) in [6.07, 6.45) is 6.70. The Morgan fingerprint density at radius 2 is 1.97 bits per heavy atom. The molecule has 2 fully saturated rings. The topological polar surface area (TPSA) is 71.5 Å². The van der Waals surface area contributed by atoms with E-state index in [1.54, 1.807) is 35.4 Å². The van der Waals surface area contributed by atoms with E-state index in [1.807, 2.05) is 12.1 Å². The van der Waals surface area contributed by atoms with Crippen LogP contribution in [0, 0.1) is 5.92 Å². The second kappa shape index (κ2) is 8.82. The molecule has 2 heterocycles. The summed E-state index contributed by atoms with van der Waals surface area (Å²) in [6.45, 7) is 0.757. The summed E-state index contributed by atoms with van der Waals surface area (Å²) in [5, 5.41) is 3.56. The molecule has 1 aromatic carbocycles. The van der Waals surface area contributed by atoms with Crippen molar-refractivity contribution in [3.8, 4) is 5.88 Å². The number of hydrogen-bond acceptors (Lipinski definition) is 4. The van der Waals surface area contributed by atoms with Crippen molar-refractivity contribution in [1.82, 2.24) is 10.3 Å². The van der Waals surface area contributed by atoms with E-state index in [0.717, 1.165) is 24.1 Å². The molecule has 6 nitrogen and oxygen atoms in total. The Morgan fingerprint density at radius 1 is 1.21 bits per heavy atom. The van der Waals surface area contributed by atoms with Gasteiger partial charge >= 0.3 is 0 Å². The van der Waals surface area contributed by atoms with Gasteiger partial charge in [-0.2, -0.15) is 0 Å². The third-order valence-electron chi connectivity index (χ3n) is 5.49. The van der Waals surface area contributed by atoms with Crippen LogP contribution >= 0.6 is 11.6 Å². The first-order valence-corrected chi connectivity index (χ1v) is 10.4. The second-order valence-corrected chi connectivity index (χ2v) is 8.06. The third-order valence-corrected chi connectivity index (χ3v) is 5.74. The lowest BCUT2D eigenvalue weighted by atomic mass is 10.1. The normalized spacial score (nSPS) is 19.6. The van der Waals surface area contributed by atoms with Gasteiger partial charge in [0, 0.05) is 42.5 Å². The summed E-state index contributed by atoms with van der Waals surface area (Å²) in [6, 6.07) is 10.8. The summed E-state index contributed by atoms with van der Waals surface area (Å²) in [5.41, 5.74) is 1.69.